The van der Waals surface area contributed by atoms with Gasteiger partial charge >= 0.3 is 0 Å². The molecule has 1 heteroatoms. The van der Waals surface area contributed by atoms with Gasteiger partial charge in [0.25, 0.3) is 0 Å². The lowest BCUT2D eigenvalue weighted by Gasteiger charge is -2.38. The van der Waals surface area contributed by atoms with Gasteiger partial charge < -0.3 is 0 Å². The third-order valence-electron chi connectivity index (χ3n) is 4.79. The fourth-order valence-electron chi connectivity index (χ4n) is 3.83. The molecule has 0 bridgehead atoms. The van der Waals surface area contributed by atoms with Crippen LogP contribution in [-0.4, -0.2) is 6.17 Å². The van der Waals surface area contributed by atoms with Crippen LogP contribution in [0.2, 0.25) is 0 Å². The molecule has 2 rings (SSSR count). The van der Waals surface area contributed by atoms with Crippen molar-refractivity contribution in [3.05, 3.63) is 0 Å². The van der Waals surface area contributed by atoms with Gasteiger partial charge in [-0.2, -0.15) is 0 Å². The van der Waals surface area contributed by atoms with Crippen LogP contribution in [0, 0.1) is 5.41 Å². The monoisotopic (exact) mass is 226 g/mol. The van der Waals surface area contributed by atoms with Crippen molar-refractivity contribution in [2.24, 2.45) is 5.41 Å². The van der Waals surface area contributed by atoms with Crippen molar-refractivity contribution in [3.63, 3.8) is 0 Å². The SMILES string of the molecule is FC1CCCCCC2(CCCCCCC2)C1. The van der Waals surface area contributed by atoms with Gasteiger partial charge in [0.05, 0.1) is 0 Å². The Bertz CT molecular complexity index is 183. The molecule has 0 nitrogen and oxygen atoms in total. The molecule has 0 N–H and O–H groups in total. The molecule has 16 heavy (non-hydrogen) atoms. The molecule has 0 heterocycles. The number of rotatable bonds is 0. The summed E-state index contributed by atoms with van der Waals surface area (Å²) in [4.78, 5) is 0. The van der Waals surface area contributed by atoms with E-state index >= 15 is 0 Å². The van der Waals surface area contributed by atoms with E-state index in [0.29, 0.717) is 5.41 Å². The minimum Gasteiger partial charge on any atom is -0.247 e. The van der Waals surface area contributed by atoms with E-state index in [4.69, 9.17) is 0 Å². The largest absolute Gasteiger partial charge is 0.247 e. The fraction of sp³-hybridized carbons (Fsp3) is 1.00. The Morgan fingerprint density at radius 3 is 1.81 bits per heavy atom. The van der Waals surface area contributed by atoms with Crippen molar-refractivity contribution in [2.75, 3.05) is 0 Å². The van der Waals surface area contributed by atoms with E-state index in [1.165, 1.54) is 64.2 Å². The van der Waals surface area contributed by atoms with Gasteiger partial charge in [0.2, 0.25) is 0 Å². The molecule has 94 valence electrons. The van der Waals surface area contributed by atoms with Crippen molar-refractivity contribution >= 4 is 0 Å². The first kappa shape index (κ1) is 12.4. The summed E-state index contributed by atoms with van der Waals surface area (Å²) in [7, 11) is 0. The molecule has 2 fully saturated rings. The van der Waals surface area contributed by atoms with Gasteiger partial charge in [-0.15, -0.1) is 0 Å². The van der Waals surface area contributed by atoms with Gasteiger partial charge in [-0.3, -0.25) is 0 Å². The summed E-state index contributed by atoms with van der Waals surface area (Å²) in [5, 5.41) is 0. The van der Waals surface area contributed by atoms with Crippen LogP contribution in [0.1, 0.15) is 83.5 Å². The van der Waals surface area contributed by atoms with Crippen molar-refractivity contribution in [3.8, 4) is 0 Å². The maximum atomic E-state index is 13.9. The highest BCUT2D eigenvalue weighted by Gasteiger charge is 2.33. The highest BCUT2D eigenvalue weighted by Crippen LogP contribution is 2.44. The molecule has 1 atom stereocenters. The van der Waals surface area contributed by atoms with Crippen molar-refractivity contribution in [1.29, 1.82) is 0 Å². The van der Waals surface area contributed by atoms with Gasteiger partial charge in [0.15, 0.2) is 0 Å². The van der Waals surface area contributed by atoms with Crippen LogP contribution in [0.25, 0.3) is 0 Å². The average Bonchev–Trinajstić information content (AvgIpc) is 2.20. The lowest BCUT2D eigenvalue weighted by atomic mass is 9.68. The molecule has 1 unspecified atom stereocenters. The molecule has 2 aliphatic carbocycles. The molecule has 0 aliphatic heterocycles. The molecule has 1 spiro atoms. The fourth-order valence-corrected chi connectivity index (χ4v) is 3.83. The van der Waals surface area contributed by atoms with E-state index < -0.39 is 6.17 Å². The topological polar surface area (TPSA) is 0 Å². The smallest absolute Gasteiger partial charge is 0.101 e. The predicted octanol–water partition coefficient (Wildman–Crippen LogP) is 5.41. The molecule has 0 saturated heterocycles. The summed E-state index contributed by atoms with van der Waals surface area (Å²) in [6.45, 7) is 0. The van der Waals surface area contributed by atoms with E-state index in [9.17, 15) is 4.39 Å². The van der Waals surface area contributed by atoms with E-state index in [2.05, 4.69) is 0 Å². The van der Waals surface area contributed by atoms with Gasteiger partial charge in [0.1, 0.15) is 6.17 Å². The summed E-state index contributed by atoms with van der Waals surface area (Å²) in [6.07, 6.45) is 15.8. The molecular formula is C15H27F. The van der Waals surface area contributed by atoms with Gasteiger partial charge in [-0.05, 0) is 37.5 Å². The quantitative estimate of drug-likeness (QED) is 0.518. The predicted molar refractivity (Wildman–Crippen MR) is 67.4 cm³/mol. The second kappa shape index (κ2) is 6.02. The van der Waals surface area contributed by atoms with Gasteiger partial charge in [-0.1, -0.05) is 51.4 Å². The number of hydrogen-bond acceptors (Lipinski definition) is 0. The van der Waals surface area contributed by atoms with E-state index in [1.807, 2.05) is 0 Å². The van der Waals surface area contributed by atoms with E-state index in [1.54, 1.807) is 0 Å². The minimum atomic E-state index is -0.500. The second-order valence-electron chi connectivity index (χ2n) is 6.17. The maximum absolute atomic E-state index is 13.9. The van der Waals surface area contributed by atoms with E-state index in [-0.39, 0.29) is 0 Å². The molecule has 0 radical (unpaired) electrons. The molecule has 2 saturated carbocycles. The Balaban J connectivity index is 1.98. The molecular weight excluding hydrogens is 199 g/mol. The number of hydrogen-bond donors (Lipinski definition) is 0. The van der Waals surface area contributed by atoms with E-state index in [0.717, 1.165) is 19.3 Å². The normalized spacial score (nSPS) is 32.4. The summed E-state index contributed by atoms with van der Waals surface area (Å²) >= 11 is 0. The van der Waals surface area contributed by atoms with Crippen LogP contribution >= 0.6 is 0 Å². The molecule has 2 aliphatic rings. The first-order chi connectivity index (χ1) is 7.81. The molecule has 0 aromatic carbocycles. The van der Waals surface area contributed by atoms with Crippen LogP contribution in [-0.2, 0) is 0 Å². The maximum Gasteiger partial charge on any atom is 0.101 e. The zero-order valence-electron chi connectivity index (χ0n) is 10.6. The lowest BCUT2D eigenvalue weighted by Crippen LogP contribution is -2.27. The first-order valence-electron chi connectivity index (χ1n) is 7.45. The zero-order chi connectivity index (χ0) is 11.3. The summed E-state index contributed by atoms with van der Waals surface area (Å²) in [5.74, 6) is 0. The zero-order valence-corrected chi connectivity index (χ0v) is 10.6. The van der Waals surface area contributed by atoms with Crippen LogP contribution < -0.4 is 0 Å². The van der Waals surface area contributed by atoms with Crippen molar-refractivity contribution in [1.82, 2.24) is 0 Å². The third-order valence-corrected chi connectivity index (χ3v) is 4.79. The minimum absolute atomic E-state index is 0.403. The van der Waals surface area contributed by atoms with Crippen molar-refractivity contribution < 1.29 is 4.39 Å². The number of halogens is 1. The number of alkyl halides is 1. The average molecular weight is 226 g/mol. The van der Waals surface area contributed by atoms with Gasteiger partial charge in [0, 0.05) is 0 Å². The third kappa shape index (κ3) is 3.46. The Labute approximate surface area is 100 Å². The highest BCUT2D eigenvalue weighted by molar-refractivity contribution is 4.85. The van der Waals surface area contributed by atoms with Crippen LogP contribution in [0.15, 0.2) is 0 Å². The molecule has 0 aromatic heterocycles. The van der Waals surface area contributed by atoms with Crippen LogP contribution in [0.3, 0.4) is 0 Å². The summed E-state index contributed by atoms with van der Waals surface area (Å²) in [6, 6.07) is 0. The standard InChI is InChI=1S/C15H27F/c16-14-9-5-4-8-12-15(13-14)10-6-2-1-3-7-11-15/h14H,1-13H2. The highest BCUT2D eigenvalue weighted by atomic mass is 19.1. The summed E-state index contributed by atoms with van der Waals surface area (Å²) < 4.78 is 13.9. The lowest BCUT2D eigenvalue weighted by molar-refractivity contribution is 0.102. The Hall–Kier alpha value is -0.0700. The second-order valence-corrected chi connectivity index (χ2v) is 6.17. The van der Waals surface area contributed by atoms with Crippen molar-refractivity contribution in [2.45, 2.75) is 89.6 Å². The summed E-state index contributed by atoms with van der Waals surface area (Å²) in [5.41, 5.74) is 0.403. The van der Waals surface area contributed by atoms with Crippen LogP contribution in [0.5, 0.6) is 0 Å². The Morgan fingerprint density at radius 2 is 1.19 bits per heavy atom. The first-order valence-corrected chi connectivity index (χ1v) is 7.45. The molecule has 0 aromatic rings. The van der Waals surface area contributed by atoms with Crippen LogP contribution in [0.4, 0.5) is 4.39 Å². The Kier molecular flexibility index (Phi) is 4.66. The van der Waals surface area contributed by atoms with Gasteiger partial charge in [-0.25, -0.2) is 4.39 Å². The Morgan fingerprint density at radius 1 is 0.688 bits per heavy atom. The molecule has 0 amide bonds.